The maximum Gasteiger partial charge on any atom is 0.338 e. The Bertz CT molecular complexity index is 762. The molecule has 2 aromatic rings. The van der Waals surface area contributed by atoms with Gasteiger partial charge >= 0.3 is 11.9 Å². The molecule has 0 aliphatic heterocycles. The molecule has 2 rings (SSSR count). The summed E-state index contributed by atoms with van der Waals surface area (Å²) >= 11 is 0. The van der Waals surface area contributed by atoms with Gasteiger partial charge in [-0.15, -0.1) is 0 Å². The fourth-order valence-electron chi connectivity index (χ4n) is 2.52. The minimum atomic E-state index is -0.403. The number of hydrogen-bond acceptors (Lipinski definition) is 4. The average molecular weight is 326 g/mol. The molecule has 4 heteroatoms. The summed E-state index contributed by atoms with van der Waals surface area (Å²) in [5.74, 6) is -0.803. The zero-order chi connectivity index (χ0) is 17.7. The summed E-state index contributed by atoms with van der Waals surface area (Å²) in [7, 11) is 0. The Hall–Kier alpha value is -2.62. The van der Waals surface area contributed by atoms with Gasteiger partial charge in [0.25, 0.3) is 0 Å². The first kappa shape index (κ1) is 17.7. The van der Waals surface area contributed by atoms with Crippen LogP contribution in [0.4, 0.5) is 0 Å². The third kappa shape index (κ3) is 3.82. The van der Waals surface area contributed by atoms with E-state index in [0.29, 0.717) is 29.9 Å². The van der Waals surface area contributed by atoms with E-state index in [4.69, 9.17) is 9.47 Å². The standard InChI is InChI=1S/C20H22O4/c1-5-23-19(21)15-9-10-16(20(22)24-6-2)18(12-15)17-11-13(3)7-8-14(17)4/h7-12H,5-6H2,1-4H3. The molecule has 0 saturated heterocycles. The minimum absolute atomic E-state index is 0.296. The van der Waals surface area contributed by atoms with E-state index in [9.17, 15) is 9.59 Å². The van der Waals surface area contributed by atoms with E-state index in [1.165, 1.54) is 0 Å². The largest absolute Gasteiger partial charge is 0.462 e. The van der Waals surface area contributed by atoms with Crippen molar-refractivity contribution in [3.05, 3.63) is 58.7 Å². The van der Waals surface area contributed by atoms with Crippen LogP contribution in [0.5, 0.6) is 0 Å². The molecule has 0 aliphatic rings. The van der Waals surface area contributed by atoms with Gasteiger partial charge in [-0.25, -0.2) is 9.59 Å². The topological polar surface area (TPSA) is 52.6 Å². The highest BCUT2D eigenvalue weighted by atomic mass is 16.5. The van der Waals surface area contributed by atoms with E-state index in [2.05, 4.69) is 0 Å². The molecule has 0 aromatic heterocycles. The van der Waals surface area contributed by atoms with Crippen LogP contribution < -0.4 is 0 Å². The van der Waals surface area contributed by atoms with E-state index in [1.54, 1.807) is 32.0 Å². The second-order valence-corrected chi connectivity index (χ2v) is 5.52. The maximum absolute atomic E-state index is 12.3. The molecule has 0 saturated carbocycles. The predicted octanol–water partition coefficient (Wildman–Crippen LogP) is 4.32. The Balaban J connectivity index is 2.63. The lowest BCUT2D eigenvalue weighted by Crippen LogP contribution is -2.10. The number of rotatable bonds is 5. The Morgan fingerprint density at radius 1 is 0.833 bits per heavy atom. The van der Waals surface area contributed by atoms with Gasteiger partial charge in [0.2, 0.25) is 0 Å². The van der Waals surface area contributed by atoms with Gasteiger partial charge < -0.3 is 9.47 Å². The Labute approximate surface area is 142 Å². The van der Waals surface area contributed by atoms with Crippen molar-refractivity contribution in [2.75, 3.05) is 13.2 Å². The van der Waals surface area contributed by atoms with E-state index in [-0.39, 0.29) is 0 Å². The fraction of sp³-hybridized carbons (Fsp3) is 0.300. The molecule has 0 N–H and O–H groups in total. The number of aryl methyl sites for hydroxylation is 2. The van der Waals surface area contributed by atoms with Gasteiger partial charge in [0.05, 0.1) is 24.3 Å². The van der Waals surface area contributed by atoms with E-state index >= 15 is 0 Å². The number of carbonyl (C=O) groups is 2. The van der Waals surface area contributed by atoms with Crippen molar-refractivity contribution in [1.82, 2.24) is 0 Å². The summed E-state index contributed by atoms with van der Waals surface area (Å²) < 4.78 is 10.2. The minimum Gasteiger partial charge on any atom is -0.462 e. The average Bonchev–Trinajstić information content (AvgIpc) is 2.57. The van der Waals surface area contributed by atoms with Crippen LogP contribution in [0, 0.1) is 13.8 Å². The number of benzene rings is 2. The Morgan fingerprint density at radius 3 is 2.17 bits per heavy atom. The molecule has 0 atom stereocenters. The smallest absolute Gasteiger partial charge is 0.338 e. The highest BCUT2D eigenvalue weighted by Crippen LogP contribution is 2.30. The van der Waals surface area contributed by atoms with E-state index in [0.717, 1.165) is 16.7 Å². The molecular weight excluding hydrogens is 304 g/mol. The van der Waals surface area contributed by atoms with Crippen molar-refractivity contribution < 1.29 is 19.1 Å². The Kier molecular flexibility index (Phi) is 5.74. The van der Waals surface area contributed by atoms with Gasteiger partial charge in [-0.1, -0.05) is 23.8 Å². The van der Waals surface area contributed by atoms with Crippen molar-refractivity contribution in [1.29, 1.82) is 0 Å². The van der Waals surface area contributed by atoms with Crippen molar-refractivity contribution in [2.45, 2.75) is 27.7 Å². The lowest BCUT2D eigenvalue weighted by Gasteiger charge is -2.14. The highest BCUT2D eigenvalue weighted by Gasteiger charge is 2.18. The van der Waals surface area contributed by atoms with Crippen molar-refractivity contribution >= 4 is 11.9 Å². The van der Waals surface area contributed by atoms with Gasteiger partial charge in [-0.2, -0.15) is 0 Å². The molecular formula is C20H22O4. The number of esters is 2. The molecule has 0 fully saturated rings. The molecule has 0 aliphatic carbocycles. The second kappa shape index (κ2) is 7.77. The number of ether oxygens (including phenoxy) is 2. The molecule has 0 bridgehead atoms. The molecule has 0 radical (unpaired) electrons. The summed E-state index contributed by atoms with van der Waals surface area (Å²) in [4.78, 5) is 24.4. The first-order chi connectivity index (χ1) is 11.5. The van der Waals surface area contributed by atoms with Crippen LogP contribution in [0.2, 0.25) is 0 Å². The zero-order valence-corrected chi connectivity index (χ0v) is 14.5. The van der Waals surface area contributed by atoms with Gasteiger partial charge in [-0.3, -0.25) is 0 Å². The van der Waals surface area contributed by atoms with Crippen molar-refractivity contribution in [2.24, 2.45) is 0 Å². The third-order valence-corrected chi connectivity index (χ3v) is 3.71. The monoisotopic (exact) mass is 326 g/mol. The van der Waals surface area contributed by atoms with E-state index < -0.39 is 11.9 Å². The molecule has 0 spiro atoms. The number of hydrogen-bond donors (Lipinski definition) is 0. The zero-order valence-electron chi connectivity index (χ0n) is 14.5. The van der Waals surface area contributed by atoms with Crippen LogP contribution in [-0.2, 0) is 9.47 Å². The summed E-state index contributed by atoms with van der Waals surface area (Å²) in [6.45, 7) is 8.09. The second-order valence-electron chi connectivity index (χ2n) is 5.52. The normalized spacial score (nSPS) is 10.3. The summed E-state index contributed by atoms with van der Waals surface area (Å²) in [5, 5.41) is 0. The summed E-state index contributed by atoms with van der Waals surface area (Å²) in [6, 6.07) is 10.9. The molecule has 0 heterocycles. The SMILES string of the molecule is CCOC(=O)c1ccc(C(=O)OCC)c(-c2cc(C)ccc2C)c1. The van der Waals surface area contributed by atoms with Crippen LogP contribution in [-0.4, -0.2) is 25.2 Å². The van der Waals surface area contributed by atoms with Gasteiger partial charge in [0, 0.05) is 0 Å². The molecule has 24 heavy (non-hydrogen) atoms. The Morgan fingerprint density at radius 2 is 1.50 bits per heavy atom. The molecule has 0 unspecified atom stereocenters. The predicted molar refractivity (Wildman–Crippen MR) is 93.3 cm³/mol. The quantitative estimate of drug-likeness (QED) is 0.768. The van der Waals surface area contributed by atoms with Crippen LogP contribution in [0.3, 0.4) is 0 Å². The number of carbonyl (C=O) groups excluding carboxylic acids is 2. The first-order valence-electron chi connectivity index (χ1n) is 8.03. The molecule has 4 nitrogen and oxygen atoms in total. The van der Waals surface area contributed by atoms with Crippen molar-refractivity contribution in [3.8, 4) is 11.1 Å². The maximum atomic E-state index is 12.3. The highest BCUT2D eigenvalue weighted by molar-refractivity contribution is 6.00. The third-order valence-electron chi connectivity index (χ3n) is 3.71. The molecule has 0 amide bonds. The van der Waals surface area contributed by atoms with Crippen LogP contribution in [0.1, 0.15) is 45.7 Å². The van der Waals surface area contributed by atoms with Gasteiger partial charge in [0.1, 0.15) is 0 Å². The lowest BCUT2D eigenvalue weighted by molar-refractivity contribution is 0.0512. The van der Waals surface area contributed by atoms with Crippen LogP contribution in [0.15, 0.2) is 36.4 Å². The van der Waals surface area contributed by atoms with Crippen molar-refractivity contribution in [3.63, 3.8) is 0 Å². The van der Waals surface area contributed by atoms with Gasteiger partial charge in [-0.05, 0) is 62.6 Å². The molecule has 126 valence electrons. The van der Waals surface area contributed by atoms with Gasteiger partial charge in [0.15, 0.2) is 0 Å². The molecule has 2 aromatic carbocycles. The fourth-order valence-corrected chi connectivity index (χ4v) is 2.52. The first-order valence-corrected chi connectivity index (χ1v) is 8.03. The summed E-state index contributed by atoms with van der Waals surface area (Å²) in [6.07, 6.45) is 0. The lowest BCUT2D eigenvalue weighted by atomic mass is 9.93. The van der Waals surface area contributed by atoms with Crippen LogP contribution >= 0.6 is 0 Å². The summed E-state index contributed by atoms with van der Waals surface area (Å²) in [5.41, 5.74) is 4.54. The van der Waals surface area contributed by atoms with Crippen LogP contribution in [0.25, 0.3) is 11.1 Å². The van der Waals surface area contributed by atoms with E-state index in [1.807, 2.05) is 32.0 Å².